The number of hydrogen-bond donors (Lipinski definition) is 2. The highest BCUT2D eigenvalue weighted by molar-refractivity contribution is 5.08. The Morgan fingerprint density at radius 2 is 2.19 bits per heavy atom. The monoisotopic (exact) mass is 228 g/mol. The lowest BCUT2D eigenvalue weighted by molar-refractivity contribution is 0.0455. The molecule has 0 spiro atoms. The number of H-pyrrole nitrogens is 1. The molecular formula is C10H16N2O4. The van der Waals surface area contributed by atoms with Gasteiger partial charge in [-0.2, -0.15) is 0 Å². The number of hydrogen-bond acceptors (Lipinski definition) is 4. The average Bonchev–Trinajstić information content (AvgIpc) is 2.21. The number of nitrogens with zero attached hydrogens (tertiary/aromatic N) is 1. The van der Waals surface area contributed by atoms with Crippen LogP contribution in [0.25, 0.3) is 0 Å². The van der Waals surface area contributed by atoms with Crippen molar-refractivity contribution in [3.63, 3.8) is 0 Å². The van der Waals surface area contributed by atoms with Crippen molar-refractivity contribution >= 4 is 0 Å². The van der Waals surface area contributed by atoms with Gasteiger partial charge in [-0.05, 0) is 5.92 Å². The molecule has 0 unspecified atom stereocenters. The molecule has 0 saturated heterocycles. The van der Waals surface area contributed by atoms with E-state index < -0.39 is 5.69 Å². The maximum atomic E-state index is 11.4. The van der Waals surface area contributed by atoms with E-state index in [9.17, 15) is 9.59 Å². The van der Waals surface area contributed by atoms with Gasteiger partial charge in [0.1, 0.15) is 6.73 Å². The highest BCUT2D eigenvalue weighted by Crippen LogP contribution is 2.06. The Morgan fingerprint density at radius 3 is 2.75 bits per heavy atom. The Morgan fingerprint density at radius 1 is 1.50 bits per heavy atom. The molecule has 0 saturated carbocycles. The largest absolute Gasteiger partial charge is 0.394 e. The fraction of sp³-hybridized carbons (Fsp3) is 0.600. The molecule has 0 amide bonds. The summed E-state index contributed by atoms with van der Waals surface area (Å²) >= 11 is 0. The maximum absolute atomic E-state index is 11.4. The number of ether oxygens (including phenoxy) is 1. The lowest BCUT2D eigenvalue weighted by Crippen LogP contribution is -2.32. The summed E-state index contributed by atoms with van der Waals surface area (Å²) in [6.45, 7) is 3.82. The Bertz CT molecular complexity index is 447. The molecule has 1 aromatic rings. The van der Waals surface area contributed by atoms with Gasteiger partial charge in [-0.3, -0.25) is 14.3 Å². The van der Waals surface area contributed by atoms with Gasteiger partial charge >= 0.3 is 5.69 Å². The van der Waals surface area contributed by atoms with Crippen molar-refractivity contribution in [1.29, 1.82) is 0 Å². The first-order chi connectivity index (χ1) is 7.56. The van der Waals surface area contributed by atoms with E-state index >= 15 is 0 Å². The molecule has 1 aromatic heterocycles. The Kier molecular flexibility index (Phi) is 4.45. The zero-order valence-electron chi connectivity index (χ0n) is 9.40. The number of rotatable bonds is 5. The van der Waals surface area contributed by atoms with Crippen LogP contribution in [0.5, 0.6) is 0 Å². The van der Waals surface area contributed by atoms with Gasteiger partial charge in [0.15, 0.2) is 0 Å². The number of aromatic nitrogens is 2. The number of aromatic amines is 1. The van der Waals surface area contributed by atoms with E-state index in [1.165, 1.54) is 10.8 Å². The van der Waals surface area contributed by atoms with E-state index in [0.717, 1.165) is 0 Å². The van der Waals surface area contributed by atoms with Crippen LogP contribution in [0.1, 0.15) is 25.3 Å². The third-order valence-electron chi connectivity index (χ3n) is 2.13. The molecule has 0 aliphatic heterocycles. The fourth-order valence-electron chi connectivity index (χ4n) is 1.26. The molecule has 1 rings (SSSR count). The van der Waals surface area contributed by atoms with Crippen LogP contribution in [-0.4, -0.2) is 27.9 Å². The summed E-state index contributed by atoms with van der Waals surface area (Å²) < 4.78 is 6.29. The number of aliphatic hydroxyl groups is 1. The second kappa shape index (κ2) is 5.62. The average molecular weight is 228 g/mol. The smallest absolute Gasteiger partial charge is 0.330 e. The van der Waals surface area contributed by atoms with Crippen LogP contribution in [0, 0.1) is 0 Å². The van der Waals surface area contributed by atoms with Gasteiger partial charge in [-0.15, -0.1) is 0 Å². The number of nitrogens with one attached hydrogen (secondary N) is 1. The minimum absolute atomic E-state index is 0.0237. The van der Waals surface area contributed by atoms with E-state index in [2.05, 4.69) is 4.98 Å². The highest BCUT2D eigenvalue weighted by atomic mass is 16.5. The van der Waals surface area contributed by atoms with Gasteiger partial charge in [-0.1, -0.05) is 13.8 Å². The summed E-state index contributed by atoms with van der Waals surface area (Å²) in [5, 5.41) is 8.53. The van der Waals surface area contributed by atoms with Crippen molar-refractivity contribution in [2.24, 2.45) is 0 Å². The van der Waals surface area contributed by atoms with Gasteiger partial charge in [0.05, 0.1) is 13.2 Å². The van der Waals surface area contributed by atoms with E-state index in [-0.39, 0.29) is 31.4 Å². The minimum atomic E-state index is -0.507. The molecule has 0 aliphatic rings. The molecule has 0 aromatic carbocycles. The van der Waals surface area contributed by atoms with Crippen LogP contribution >= 0.6 is 0 Å². The van der Waals surface area contributed by atoms with Crippen molar-refractivity contribution in [1.82, 2.24) is 9.55 Å². The fourth-order valence-corrected chi connectivity index (χ4v) is 1.26. The molecule has 90 valence electrons. The first-order valence-electron chi connectivity index (χ1n) is 5.08. The zero-order valence-corrected chi connectivity index (χ0v) is 9.40. The molecule has 6 nitrogen and oxygen atoms in total. The zero-order chi connectivity index (χ0) is 12.1. The van der Waals surface area contributed by atoms with Crippen LogP contribution in [-0.2, 0) is 11.5 Å². The van der Waals surface area contributed by atoms with Crippen LogP contribution < -0.4 is 11.2 Å². The van der Waals surface area contributed by atoms with Crippen LogP contribution in [0.2, 0.25) is 0 Å². The number of aliphatic hydroxyl groups excluding tert-OH is 1. The quantitative estimate of drug-likeness (QED) is 0.673. The van der Waals surface area contributed by atoms with Gasteiger partial charge in [-0.25, -0.2) is 4.79 Å². The molecule has 0 aliphatic carbocycles. The predicted molar refractivity (Wildman–Crippen MR) is 58.4 cm³/mol. The summed E-state index contributed by atoms with van der Waals surface area (Å²) in [7, 11) is 0. The molecule has 16 heavy (non-hydrogen) atoms. The summed E-state index contributed by atoms with van der Waals surface area (Å²) in [6.07, 6.45) is 1.49. The predicted octanol–water partition coefficient (Wildman–Crippen LogP) is -0.374. The van der Waals surface area contributed by atoms with Crippen LogP contribution in [0.3, 0.4) is 0 Å². The highest BCUT2D eigenvalue weighted by Gasteiger charge is 2.07. The molecule has 0 fully saturated rings. The Balaban J connectivity index is 2.96. The molecule has 1 heterocycles. The summed E-state index contributed by atoms with van der Waals surface area (Å²) in [5.74, 6) is 0.0356. The molecular weight excluding hydrogens is 212 g/mol. The van der Waals surface area contributed by atoms with Crippen LogP contribution in [0.4, 0.5) is 0 Å². The van der Waals surface area contributed by atoms with Gasteiger partial charge < -0.3 is 9.84 Å². The van der Waals surface area contributed by atoms with Gasteiger partial charge in [0.2, 0.25) is 0 Å². The van der Waals surface area contributed by atoms with Crippen molar-refractivity contribution in [3.05, 3.63) is 32.6 Å². The minimum Gasteiger partial charge on any atom is -0.394 e. The molecule has 6 heteroatoms. The van der Waals surface area contributed by atoms with Crippen molar-refractivity contribution in [3.8, 4) is 0 Å². The van der Waals surface area contributed by atoms with Crippen molar-refractivity contribution in [2.45, 2.75) is 26.5 Å². The SMILES string of the molecule is CC(C)c1cn(COCCO)c(=O)[nH]c1=O. The molecule has 0 atom stereocenters. The Hall–Kier alpha value is -1.40. The summed E-state index contributed by atoms with van der Waals surface area (Å²) in [6, 6.07) is 0. The Labute approximate surface area is 92.5 Å². The van der Waals surface area contributed by atoms with Crippen molar-refractivity contribution in [2.75, 3.05) is 13.2 Å². The second-order valence-corrected chi connectivity index (χ2v) is 3.73. The van der Waals surface area contributed by atoms with Gasteiger partial charge in [0.25, 0.3) is 5.56 Å². The van der Waals surface area contributed by atoms with Crippen LogP contribution in [0.15, 0.2) is 15.8 Å². The normalized spacial score (nSPS) is 11.0. The standard InChI is InChI=1S/C10H16N2O4/c1-7(2)8-5-12(6-16-4-3-13)10(15)11-9(8)14/h5,7,13H,3-4,6H2,1-2H3,(H,11,14,15). The summed E-state index contributed by atoms with van der Waals surface area (Å²) in [4.78, 5) is 25.0. The van der Waals surface area contributed by atoms with E-state index in [1.807, 2.05) is 13.8 Å². The lowest BCUT2D eigenvalue weighted by Gasteiger charge is -2.09. The van der Waals surface area contributed by atoms with Gasteiger partial charge in [0, 0.05) is 11.8 Å². The molecule has 0 radical (unpaired) electrons. The lowest BCUT2D eigenvalue weighted by atomic mass is 10.1. The summed E-state index contributed by atoms with van der Waals surface area (Å²) in [5.41, 5.74) is -0.335. The molecule has 2 N–H and O–H groups in total. The topological polar surface area (TPSA) is 84.3 Å². The third-order valence-corrected chi connectivity index (χ3v) is 2.13. The van der Waals surface area contributed by atoms with E-state index in [0.29, 0.717) is 5.56 Å². The third kappa shape index (κ3) is 3.04. The first kappa shape index (κ1) is 12.7. The van der Waals surface area contributed by atoms with E-state index in [4.69, 9.17) is 9.84 Å². The van der Waals surface area contributed by atoms with Crippen molar-refractivity contribution < 1.29 is 9.84 Å². The van der Waals surface area contributed by atoms with E-state index in [1.54, 1.807) is 0 Å². The first-order valence-corrected chi connectivity index (χ1v) is 5.08. The maximum Gasteiger partial charge on any atom is 0.330 e. The second-order valence-electron chi connectivity index (χ2n) is 3.73. The molecule has 0 bridgehead atoms.